The number of nitrogens with zero attached hydrogens (tertiary/aromatic N) is 1. The van der Waals surface area contributed by atoms with E-state index in [1.807, 2.05) is 36.4 Å². The van der Waals surface area contributed by atoms with Gasteiger partial charge in [-0.25, -0.2) is 0 Å². The SMILES string of the molecule is N#C/C(=C/NCCc1ccccc1)C(=O)Nc1ccc(N)cc1Cl. The van der Waals surface area contributed by atoms with Crippen LogP contribution in [0.25, 0.3) is 0 Å². The number of nitriles is 1. The summed E-state index contributed by atoms with van der Waals surface area (Å²) in [5.74, 6) is -0.531. The number of amides is 1. The number of anilines is 2. The van der Waals surface area contributed by atoms with Gasteiger partial charge in [0.2, 0.25) is 0 Å². The van der Waals surface area contributed by atoms with Crippen molar-refractivity contribution in [3.8, 4) is 6.07 Å². The Labute approximate surface area is 145 Å². The van der Waals surface area contributed by atoms with E-state index in [1.54, 1.807) is 12.1 Å². The van der Waals surface area contributed by atoms with Gasteiger partial charge in [-0.2, -0.15) is 5.26 Å². The predicted octanol–water partition coefficient (Wildman–Crippen LogP) is 3.10. The zero-order chi connectivity index (χ0) is 17.4. The van der Waals surface area contributed by atoms with E-state index in [1.165, 1.54) is 17.8 Å². The Hall–Kier alpha value is -2.97. The third-order valence-electron chi connectivity index (χ3n) is 3.25. The van der Waals surface area contributed by atoms with Gasteiger partial charge >= 0.3 is 0 Å². The highest BCUT2D eigenvalue weighted by Gasteiger charge is 2.11. The largest absolute Gasteiger partial charge is 0.399 e. The Kier molecular flexibility index (Phi) is 6.23. The van der Waals surface area contributed by atoms with Crippen LogP contribution in [0.4, 0.5) is 11.4 Å². The second-order valence-electron chi connectivity index (χ2n) is 5.05. The van der Waals surface area contributed by atoms with Crippen molar-refractivity contribution in [3.63, 3.8) is 0 Å². The molecule has 0 heterocycles. The maximum atomic E-state index is 12.1. The summed E-state index contributed by atoms with van der Waals surface area (Å²) >= 11 is 6.00. The molecule has 0 aliphatic rings. The standard InChI is InChI=1S/C18H17ClN4O/c19-16-10-15(21)6-7-17(16)23-18(24)14(11-20)12-22-9-8-13-4-2-1-3-5-13/h1-7,10,12,22H,8-9,21H2,(H,23,24)/b14-12-. The zero-order valence-corrected chi connectivity index (χ0v) is 13.7. The minimum absolute atomic E-state index is 0.0315. The van der Waals surface area contributed by atoms with E-state index in [-0.39, 0.29) is 5.57 Å². The number of benzene rings is 2. The highest BCUT2D eigenvalue weighted by atomic mass is 35.5. The summed E-state index contributed by atoms with van der Waals surface area (Å²) in [5.41, 5.74) is 7.65. The van der Waals surface area contributed by atoms with Gasteiger partial charge in [0.05, 0.1) is 10.7 Å². The highest BCUT2D eigenvalue weighted by molar-refractivity contribution is 6.34. The fraction of sp³-hybridized carbons (Fsp3) is 0.111. The van der Waals surface area contributed by atoms with E-state index in [4.69, 9.17) is 22.6 Å². The topological polar surface area (TPSA) is 90.9 Å². The van der Waals surface area contributed by atoms with E-state index < -0.39 is 5.91 Å². The van der Waals surface area contributed by atoms with Gasteiger partial charge < -0.3 is 16.4 Å². The number of rotatable bonds is 6. The van der Waals surface area contributed by atoms with Crippen LogP contribution in [0.3, 0.4) is 0 Å². The van der Waals surface area contributed by atoms with Crippen molar-refractivity contribution in [2.75, 3.05) is 17.6 Å². The molecule has 0 unspecified atom stereocenters. The average Bonchev–Trinajstić information content (AvgIpc) is 2.58. The normalized spacial score (nSPS) is 10.8. The van der Waals surface area contributed by atoms with Crippen LogP contribution >= 0.6 is 11.6 Å². The molecular weight excluding hydrogens is 324 g/mol. The minimum atomic E-state index is -0.531. The fourth-order valence-electron chi connectivity index (χ4n) is 2.01. The van der Waals surface area contributed by atoms with Gasteiger partial charge in [0.1, 0.15) is 11.6 Å². The van der Waals surface area contributed by atoms with Gasteiger partial charge in [-0.1, -0.05) is 41.9 Å². The van der Waals surface area contributed by atoms with Crippen LogP contribution in [-0.4, -0.2) is 12.5 Å². The van der Waals surface area contributed by atoms with Gasteiger partial charge in [-0.3, -0.25) is 4.79 Å². The molecule has 0 aliphatic carbocycles. The first-order valence-corrected chi connectivity index (χ1v) is 7.72. The Morgan fingerprint density at radius 1 is 1.25 bits per heavy atom. The van der Waals surface area contributed by atoms with Crippen LogP contribution in [0, 0.1) is 11.3 Å². The van der Waals surface area contributed by atoms with Gasteiger partial charge in [0.15, 0.2) is 0 Å². The molecule has 2 aromatic carbocycles. The van der Waals surface area contributed by atoms with Gasteiger partial charge in [0.25, 0.3) is 5.91 Å². The van der Waals surface area contributed by atoms with Gasteiger partial charge in [-0.05, 0) is 30.2 Å². The molecule has 0 bridgehead atoms. The lowest BCUT2D eigenvalue weighted by atomic mass is 10.1. The molecule has 2 aromatic rings. The summed E-state index contributed by atoms with van der Waals surface area (Å²) in [6, 6.07) is 16.5. The van der Waals surface area contributed by atoms with Crippen LogP contribution in [0.1, 0.15) is 5.56 Å². The molecular formula is C18H17ClN4O. The van der Waals surface area contributed by atoms with Crippen molar-refractivity contribution in [3.05, 3.63) is 70.9 Å². The molecule has 0 saturated heterocycles. The lowest BCUT2D eigenvalue weighted by molar-refractivity contribution is -0.112. The summed E-state index contributed by atoms with van der Waals surface area (Å²) in [7, 11) is 0. The molecule has 0 aromatic heterocycles. The molecule has 0 radical (unpaired) electrons. The molecule has 6 heteroatoms. The van der Waals surface area contributed by atoms with E-state index in [2.05, 4.69) is 10.6 Å². The van der Waals surface area contributed by atoms with Crippen LogP contribution in [-0.2, 0) is 11.2 Å². The van der Waals surface area contributed by atoms with E-state index >= 15 is 0 Å². The maximum absolute atomic E-state index is 12.1. The minimum Gasteiger partial charge on any atom is -0.399 e. The van der Waals surface area contributed by atoms with Crippen molar-refractivity contribution in [2.24, 2.45) is 0 Å². The summed E-state index contributed by atoms with van der Waals surface area (Å²) in [4.78, 5) is 12.1. The van der Waals surface area contributed by atoms with Crippen LogP contribution < -0.4 is 16.4 Å². The Balaban J connectivity index is 1.92. The van der Waals surface area contributed by atoms with E-state index in [0.717, 1.165) is 6.42 Å². The van der Waals surface area contributed by atoms with Crippen LogP contribution in [0.5, 0.6) is 0 Å². The summed E-state index contributed by atoms with van der Waals surface area (Å²) < 4.78 is 0. The van der Waals surface area contributed by atoms with Crippen molar-refractivity contribution in [1.82, 2.24) is 5.32 Å². The number of halogens is 1. The molecule has 1 amide bonds. The zero-order valence-electron chi connectivity index (χ0n) is 12.9. The van der Waals surface area contributed by atoms with Crippen molar-refractivity contribution in [2.45, 2.75) is 6.42 Å². The first-order valence-electron chi connectivity index (χ1n) is 7.34. The first-order chi connectivity index (χ1) is 11.6. The lowest BCUT2D eigenvalue weighted by Gasteiger charge is -2.07. The third-order valence-corrected chi connectivity index (χ3v) is 3.57. The van der Waals surface area contributed by atoms with E-state index in [9.17, 15) is 4.79 Å². The van der Waals surface area contributed by atoms with Crippen molar-refractivity contribution < 1.29 is 4.79 Å². The average molecular weight is 341 g/mol. The smallest absolute Gasteiger partial charge is 0.267 e. The molecule has 0 fully saturated rings. The number of hydrogen-bond donors (Lipinski definition) is 3. The van der Waals surface area contributed by atoms with Gasteiger partial charge in [0, 0.05) is 18.4 Å². The monoisotopic (exact) mass is 340 g/mol. The highest BCUT2D eigenvalue weighted by Crippen LogP contribution is 2.24. The van der Waals surface area contributed by atoms with E-state index in [0.29, 0.717) is 22.9 Å². The van der Waals surface area contributed by atoms with Crippen LogP contribution in [0.15, 0.2) is 60.3 Å². The number of hydrogen-bond acceptors (Lipinski definition) is 4. The predicted molar refractivity (Wildman–Crippen MR) is 96.3 cm³/mol. The molecule has 24 heavy (non-hydrogen) atoms. The quantitative estimate of drug-likeness (QED) is 0.326. The molecule has 0 spiro atoms. The maximum Gasteiger partial charge on any atom is 0.267 e. The number of carbonyl (C=O) groups is 1. The summed E-state index contributed by atoms with van der Waals surface area (Å²) in [6.07, 6.45) is 2.20. The Morgan fingerprint density at radius 2 is 2.00 bits per heavy atom. The summed E-state index contributed by atoms with van der Waals surface area (Å²) in [6.45, 7) is 0.616. The van der Waals surface area contributed by atoms with Crippen molar-refractivity contribution >= 4 is 28.9 Å². The molecule has 122 valence electrons. The molecule has 4 N–H and O–H groups in total. The molecule has 5 nitrogen and oxygen atoms in total. The molecule has 0 saturated carbocycles. The van der Waals surface area contributed by atoms with Crippen molar-refractivity contribution in [1.29, 1.82) is 5.26 Å². The number of carbonyl (C=O) groups excluding carboxylic acids is 1. The summed E-state index contributed by atoms with van der Waals surface area (Å²) in [5, 5.41) is 15.0. The van der Waals surface area contributed by atoms with Crippen LogP contribution in [0.2, 0.25) is 5.02 Å². The third kappa shape index (κ3) is 5.04. The molecule has 0 aliphatic heterocycles. The second-order valence-corrected chi connectivity index (χ2v) is 5.46. The Morgan fingerprint density at radius 3 is 2.67 bits per heavy atom. The lowest BCUT2D eigenvalue weighted by Crippen LogP contribution is -2.18. The molecule has 2 rings (SSSR count). The first kappa shape index (κ1) is 17.4. The van der Waals surface area contributed by atoms with Gasteiger partial charge in [-0.15, -0.1) is 0 Å². The number of nitrogens with two attached hydrogens (primary N) is 1. The fourth-order valence-corrected chi connectivity index (χ4v) is 2.24. The number of nitrogens with one attached hydrogen (secondary N) is 2. The second kappa shape index (κ2) is 8.61. The Bertz CT molecular complexity index is 781. The molecule has 0 atom stereocenters. The number of nitrogen functional groups attached to an aromatic ring is 1.